The summed E-state index contributed by atoms with van der Waals surface area (Å²) in [5.74, 6) is 0.0562. The molecular formula is C30H26ClNO. The van der Waals surface area contributed by atoms with Gasteiger partial charge in [0.15, 0.2) is 0 Å². The van der Waals surface area contributed by atoms with Crippen LogP contribution in [-0.2, 0) is 22.2 Å². The van der Waals surface area contributed by atoms with Crippen molar-refractivity contribution in [2.75, 3.05) is 7.05 Å². The largest absolute Gasteiger partial charge is 0.334 e. The Morgan fingerprint density at radius 2 is 1.18 bits per heavy atom. The van der Waals surface area contributed by atoms with Crippen LogP contribution in [0.3, 0.4) is 0 Å². The van der Waals surface area contributed by atoms with E-state index in [2.05, 4.69) is 72.8 Å². The zero-order valence-electron chi connectivity index (χ0n) is 18.6. The molecule has 1 aliphatic carbocycles. The van der Waals surface area contributed by atoms with Gasteiger partial charge in [0.2, 0.25) is 5.91 Å². The molecule has 2 nitrogen and oxygen atoms in total. The Morgan fingerprint density at radius 1 is 0.727 bits per heavy atom. The molecule has 4 aromatic rings. The number of halogens is 1. The van der Waals surface area contributed by atoms with Crippen molar-refractivity contribution >= 4 is 17.5 Å². The molecule has 3 heteroatoms. The van der Waals surface area contributed by atoms with Gasteiger partial charge < -0.3 is 4.90 Å². The van der Waals surface area contributed by atoms with Crippen LogP contribution in [-0.4, -0.2) is 17.9 Å². The Kier molecular flexibility index (Phi) is 5.55. The highest BCUT2D eigenvalue weighted by Gasteiger charge is 2.72. The summed E-state index contributed by atoms with van der Waals surface area (Å²) >= 11 is 6.40. The molecule has 33 heavy (non-hydrogen) atoms. The summed E-state index contributed by atoms with van der Waals surface area (Å²) in [5.41, 5.74) is 3.62. The molecule has 0 spiro atoms. The Labute approximate surface area is 200 Å². The highest BCUT2D eigenvalue weighted by molar-refractivity contribution is 6.31. The van der Waals surface area contributed by atoms with Gasteiger partial charge in [-0.15, -0.1) is 0 Å². The Hall–Kier alpha value is -3.36. The molecule has 1 amide bonds. The first-order chi connectivity index (χ1) is 16.1. The maximum Gasteiger partial charge on any atom is 0.227 e. The maximum absolute atomic E-state index is 13.7. The van der Waals surface area contributed by atoms with E-state index < -0.39 is 5.54 Å². The summed E-state index contributed by atoms with van der Waals surface area (Å²) in [4.78, 5) is 15.7. The van der Waals surface area contributed by atoms with Gasteiger partial charge in [0.25, 0.3) is 0 Å². The van der Waals surface area contributed by atoms with Crippen molar-refractivity contribution in [2.24, 2.45) is 0 Å². The summed E-state index contributed by atoms with van der Waals surface area (Å²) in [6.07, 6.45) is 1.09. The van der Waals surface area contributed by atoms with Crippen LogP contribution in [0.5, 0.6) is 0 Å². The van der Waals surface area contributed by atoms with E-state index >= 15 is 0 Å². The van der Waals surface area contributed by atoms with Crippen molar-refractivity contribution in [2.45, 2.75) is 23.8 Å². The Bertz CT molecular complexity index is 1220. The van der Waals surface area contributed by atoms with E-state index in [0.29, 0.717) is 5.02 Å². The summed E-state index contributed by atoms with van der Waals surface area (Å²) in [6, 6.07) is 39.2. The predicted molar refractivity (Wildman–Crippen MR) is 134 cm³/mol. The second-order valence-electron chi connectivity index (χ2n) is 8.76. The molecule has 0 N–H and O–H groups in total. The number of amides is 1. The molecule has 1 unspecified atom stereocenters. The normalized spacial score (nSPS) is 18.5. The molecule has 1 aliphatic rings. The van der Waals surface area contributed by atoms with Gasteiger partial charge >= 0.3 is 0 Å². The third kappa shape index (κ3) is 3.46. The fourth-order valence-corrected chi connectivity index (χ4v) is 5.63. The van der Waals surface area contributed by atoms with Crippen molar-refractivity contribution in [3.8, 4) is 0 Å². The standard InChI is InChI=1S/C30H26ClNO/c1-32(28(33)21-23-13-11-12-20-27(23)31)30(26-18-9-4-10-19-26)22-29(30,24-14-5-2-6-15-24)25-16-7-3-8-17-25/h2-20H,21-22H2,1H3. The molecule has 4 aromatic carbocycles. The van der Waals surface area contributed by atoms with Gasteiger partial charge in [-0.05, 0) is 34.7 Å². The number of hydrogen-bond donors (Lipinski definition) is 0. The molecule has 0 aliphatic heterocycles. The van der Waals surface area contributed by atoms with Crippen molar-refractivity contribution in [3.05, 3.63) is 143 Å². The van der Waals surface area contributed by atoms with Crippen LogP contribution in [0.1, 0.15) is 28.7 Å². The number of hydrogen-bond acceptors (Lipinski definition) is 1. The van der Waals surface area contributed by atoms with Crippen LogP contribution in [0.15, 0.2) is 115 Å². The molecule has 1 saturated carbocycles. The van der Waals surface area contributed by atoms with Crippen molar-refractivity contribution in [1.29, 1.82) is 0 Å². The van der Waals surface area contributed by atoms with Gasteiger partial charge in [0.1, 0.15) is 0 Å². The highest BCUT2D eigenvalue weighted by Crippen LogP contribution is 2.70. The van der Waals surface area contributed by atoms with E-state index in [1.807, 2.05) is 54.4 Å². The maximum atomic E-state index is 13.7. The second-order valence-corrected chi connectivity index (χ2v) is 9.17. The van der Waals surface area contributed by atoms with E-state index in [4.69, 9.17) is 11.6 Å². The summed E-state index contributed by atoms with van der Waals surface area (Å²) < 4.78 is 0. The molecule has 0 saturated heterocycles. The number of rotatable bonds is 6. The lowest BCUT2D eigenvalue weighted by Crippen LogP contribution is -2.43. The molecule has 0 heterocycles. The lowest BCUT2D eigenvalue weighted by Gasteiger charge is -2.36. The molecule has 0 radical (unpaired) electrons. The fraction of sp³-hybridized carbons (Fsp3) is 0.167. The smallest absolute Gasteiger partial charge is 0.227 e. The van der Waals surface area contributed by atoms with E-state index in [9.17, 15) is 4.79 Å². The Morgan fingerprint density at radius 3 is 1.70 bits per heavy atom. The van der Waals surface area contributed by atoms with Gasteiger partial charge in [0.05, 0.1) is 17.4 Å². The van der Waals surface area contributed by atoms with Crippen LogP contribution in [0.4, 0.5) is 0 Å². The van der Waals surface area contributed by atoms with Crippen molar-refractivity contribution in [3.63, 3.8) is 0 Å². The predicted octanol–water partition coefficient (Wildman–Crippen LogP) is 6.63. The highest BCUT2D eigenvalue weighted by atomic mass is 35.5. The quantitative estimate of drug-likeness (QED) is 0.322. The zero-order chi connectivity index (χ0) is 22.9. The minimum Gasteiger partial charge on any atom is -0.334 e. The third-order valence-corrected chi connectivity index (χ3v) is 7.50. The van der Waals surface area contributed by atoms with Crippen molar-refractivity contribution in [1.82, 2.24) is 4.90 Å². The topological polar surface area (TPSA) is 20.3 Å². The lowest BCUT2D eigenvalue weighted by molar-refractivity contribution is -0.132. The van der Waals surface area contributed by atoms with E-state index in [-0.39, 0.29) is 17.7 Å². The Balaban J connectivity index is 1.65. The zero-order valence-corrected chi connectivity index (χ0v) is 19.4. The summed E-state index contributed by atoms with van der Waals surface area (Å²) in [5, 5.41) is 0.626. The number of nitrogens with zero attached hydrogens (tertiary/aromatic N) is 1. The first kappa shape index (κ1) is 21.5. The number of carbonyl (C=O) groups is 1. The van der Waals surface area contributed by atoms with E-state index in [1.165, 1.54) is 11.1 Å². The number of benzene rings is 4. The van der Waals surface area contributed by atoms with Crippen molar-refractivity contribution < 1.29 is 4.79 Å². The van der Waals surface area contributed by atoms with Crippen LogP contribution < -0.4 is 0 Å². The van der Waals surface area contributed by atoms with Gasteiger partial charge in [0, 0.05) is 12.1 Å². The molecule has 1 fully saturated rings. The van der Waals surface area contributed by atoms with E-state index in [1.54, 1.807) is 0 Å². The van der Waals surface area contributed by atoms with Crippen LogP contribution in [0, 0.1) is 0 Å². The third-order valence-electron chi connectivity index (χ3n) is 7.13. The van der Waals surface area contributed by atoms with Gasteiger partial charge in [-0.25, -0.2) is 0 Å². The SMILES string of the molecule is CN(C(=O)Cc1ccccc1Cl)C1(c2ccccc2)CC1(c1ccccc1)c1ccccc1. The lowest BCUT2D eigenvalue weighted by atomic mass is 9.80. The van der Waals surface area contributed by atoms with Gasteiger partial charge in [-0.3, -0.25) is 4.79 Å². The first-order valence-corrected chi connectivity index (χ1v) is 11.6. The molecule has 0 bridgehead atoms. The van der Waals surface area contributed by atoms with E-state index in [0.717, 1.165) is 17.5 Å². The van der Waals surface area contributed by atoms with Crippen LogP contribution >= 0.6 is 11.6 Å². The molecule has 1 atom stereocenters. The molecule has 164 valence electrons. The number of likely N-dealkylation sites (N-methyl/N-ethyl adjacent to an activating group) is 1. The van der Waals surface area contributed by atoms with Crippen LogP contribution in [0.2, 0.25) is 5.02 Å². The molecule has 0 aromatic heterocycles. The van der Waals surface area contributed by atoms with Gasteiger partial charge in [-0.2, -0.15) is 0 Å². The fourth-order valence-electron chi connectivity index (χ4n) is 5.43. The summed E-state index contributed by atoms with van der Waals surface area (Å²) in [6.45, 7) is 0. The molecule has 5 rings (SSSR count). The molecular weight excluding hydrogens is 426 g/mol. The summed E-state index contributed by atoms with van der Waals surface area (Å²) in [7, 11) is 1.94. The monoisotopic (exact) mass is 451 g/mol. The average Bonchev–Trinajstić information content (AvgIpc) is 3.59. The van der Waals surface area contributed by atoms with Crippen LogP contribution in [0.25, 0.3) is 0 Å². The average molecular weight is 452 g/mol. The second kappa shape index (κ2) is 8.53. The van der Waals surface area contributed by atoms with Gasteiger partial charge in [-0.1, -0.05) is 121 Å². The minimum atomic E-state index is -0.491. The number of carbonyl (C=O) groups excluding carboxylic acids is 1. The minimum absolute atomic E-state index is 0.0562. The first-order valence-electron chi connectivity index (χ1n) is 11.3.